The number of carbonyl (C=O) groups is 1. The Balaban J connectivity index is 2.11. The number of hydrogen-bond donors (Lipinski definition) is 0. The first-order valence-electron chi connectivity index (χ1n) is 5.94. The maximum atomic E-state index is 11.1. The number of nitrogens with zero attached hydrogens (tertiary/aromatic N) is 3. The third-order valence-electron chi connectivity index (χ3n) is 3.32. The fourth-order valence-electron chi connectivity index (χ4n) is 2.48. The van der Waals surface area contributed by atoms with Crippen LogP contribution in [0, 0.1) is 0 Å². The van der Waals surface area contributed by atoms with Gasteiger partial charge < -0.3 is 14.8 Å². The van der Waals surface area contributed by atoms with Crippen LogP contribution in [-0.4, -0.2) is 28.5 Å². The molecule has 2 aromatic rings. The zero-order valence-electron chi connectivity index (χ0n) is 9.74. The third-order valence-corrected chi connectivity index (χ3v) is 3.32. The Labute approximate surface area is 104 Å². The molecule has 18 heavy (non-hydrogen) atoms. The van der Waals surface area contributed by atoms with E-state index in [0.717, 1.165) is 17.3 Å². The number of carboxylic acids is 1. The maximum Gasteiger partial charge on any atom is 0.140 e. The molecule has 2 heterocycles. The van der Waals surface area contributed by atoms with Crippen LogP contribution in [-0.2, 0) is 4.79 Å². The summed E-state index contributed by atoms with van der Waals surface area (Å²) in [7, 11) is 0. The van der Waals surface area contributed by atoms with Crippen LogP contribution < -0.4 is 10.0 Å². The fourth-order valence-corrected chi connectivity index (χ4v) is 2.48. The molecule has 1 aromatic carbocycles. The second-order valence-corrected chi connectivity index (χ2v) is 4.38. The van der Waals surface area contributed by atoms with Crippen LogP contribution in [0.25, 0.3) is 10.9 Å². The van der Waals surface area contributed by atoms with Crippen molar-refractivity contribution in [2.45, 2.75) is 18.9 Å². The fraction of sp³-hybridized carbons (Fsp3) is 0.308. The van der Waals surface area contributed by atoms with Crippen molar-refractivity contribution in [2.24, 2.45) is 0 Å². The molecule has 1 aromatic heterocycles. The number of fused-ring (bicyclic) bond motifs is 1. The lowest BCUT2D eigenvalue weighted by Gasteiger charge is -2.27. The van der Waals surface area contributed by atoms with Crippen molar-refractivity contribution in [1.29, 1.82) is 0 Å². The van der Waals surface area contributed by atoms with Gasteiger partial charge in [-0.25, -0.2) is 9.97 Å². The topological polar surface area (TPSA) is 69.2 Å². The minimum Gasteiger partial charge on any atom is -0.548 e. The normalized spacial score (nSPS) is 19.3. The minimum absolute atomic E-state index is 0.580. The molecule has 1 fully saturated rings. The van der Waals surface area contributed by atoms with Gasteiger partial charge in [-0.3, -0.25) is 0 Å². The second kappa shape index (κ2) is 4.25. The summed E-state index contributed by atoms with van der Waals surface area (Å²) in [6.07, 6.45) is 2.93. The molecule has 1 aliphatic rings. The van der Waals surface area contributed by atoms with E-state index in [0.29, 0.717) is 18.8 Å². The van der Waals surface area contributed by atoms with E-state index >= 15 is 0 Å². The van der Waals surface area contributed by atoms with Crippen molar-refractivity contribution in [2.75, 3.05) is 11.4 Å². The molecule has 5 heteroatoms. The lowest BCUT2D eigenvalue weighted by Crippen LogP contribution is -2.44. The summed E-state index contributed by atoms with van der Waals surface area (Å²) in [6.45, 7) is 0.694. The molecule has 3 rings (SSSR count). The summed E-state index contributed by atoms with van der Waals surface area (Å²) >= 11 is 0. The van der Waals surface area contributed by atoms with Crippen LogP contribution in [0.5, 0.6) is 0 Å². The number of carbonyl (C=O) groups excluding carboxylic acids is 1. The number of benzene rings is 1. The van der Waals surface area contributed by atoms with Crippen LogP contribution in [0.3, 0.4) is 0 Å². The van der Waals surface area contributed by atoms with Gasteiger partial charge in [0.05, 0.1) is 17.5 Å². The van der Waals surface area contributed by atoms with Crippen molar-refractivity contribution >= 4 is 22.7 Å². The highest BCUT2D eigenvalue weighted by Crippen LogP contribution is 2.28. The quantitative estimate of drug-likeness (QED) is 0.760. The summed E-state index contributed by atoms with van der Waals surface area (Å²) in [6, 6.07) is 7.03. The molecular formula is C13H12N3O2-. The number of rotatable bonds is 2. The number of aromatic nitrogens is 2. The average Bonchev–Trinajstić information content (AvgIpc) is 2.87. The van der Waals surface area contributed by atoms with Crippen LogP contribution in [0.15, 0.2) is 30.6 Å². The predicted molar refractivity (Wildman–Crippen MR) is 64.9 cm³/mol. The zero-order valence-corrected chi connectivity index (χ0v) is 9.74. The largest absolute Gasteiger partial charge is 0.548 e. The molecule has 1 unspecified atom stereocenters. The summed E-state index contributed by atoms with van der Waals surface area (Å²) in [5.41, 5.74) is 0.825. The molecule has 0 saturated carbocycles. The molecule has 92 valence electrons. The van der Waals surface area contributed by atoms with E-state index in [1.54, 1.807) is 4.90 Å². The Morgan fingerprint density at radius 1 is 1.33 bits per heavy atom. The van der Waals surface area contributed by atoms with Gasteiger partial charge in [-0.1, -0.05) is 12.1 Å². The van der Waals surface area contributed by atoms with Crippen LogP contribution in [0.4, 0.5) is 5.82 Å². The molecule has 0 aliphatic carbocycles. The molecule has 0 spiro atoms. The van der Waals surface area contributed by atoms with E-state index in [9.17, 15) is 9.90 Å². The Bertz CT molecular complexity index is 594. The molecule has 1 atom stereocenters. The standard InChI is InChI=1S/C13H13N3O2/c17-13(18)11-6-3-7-16(11)12-9-4-1-2-5-10(9)14-8-15-12/h1-2,4-5,8,11H,3,6-7H2,(H,17,18)/p-1. The molecule has 0 amide bonds. The third kappa shape index (κ3) is 1.68. The summed E-state index contributed by atoms with van der Waals surface area (Å²) in [5.74, 6) is -0.345. The minimum atomic E-state index is -1.03. The Kier molecular flexibility index (Phi) is 2.59. The van der Waals surface area contributed by atoms with Crippen LogP contribution in [0.2, 0.25) is 0 Å². The van der Waals surface area contributed by atoms with E-state index in [-0.39, 0.29) is 0 Å². The van der Waals surface area contributed by atoms with Gasteiger partial charge in [-0.05, 0) is 25.0 Å². The average molecular weight is 242 g/mol. The molecule has 0 bridgehead atoms. The highest BCUT2D eigenvalue weighted by molar-refractivity contribution is 5.91. The smallest absolute Gasteiger partial charge is 0.140 e. The molecular weight excluding hydrogens is 230 g/mol. The van der Waals surface area contributed by atoms with Crippen molar-refractivity contribution < 1.29 is 9.90 Å². The summed E-state index contributed by atoms with van der Waals surface area (Å²) in [4.78, 5) is 21.4. The first-order chi connectivity index (χ1) is 8.77. The number of anilines is 1. The molecule has 1 saturated heterocycles. The molecule has 0 N–H and O–H groups in total. The maximum absolute atomic E-state index is 11.1. The number of para-hydroxylation sites is 1. The number of aliphatic carboxylic acids is 1. The van der Waals surface area contributed by atoms with Crippen molar-refractivity contribution in [3.8, 4) is 0 Å². The predicted octanol–water partition coefficient (Wildman–Crippen LogP) is 0.348. The molecule has 5 nitrogen and oxygen atoms in total. The molecule has 0 radical (unpaired) electrons. The monoisotopic (exact) mass is 242 g/mol. The summed E-state index contributed by atoms with van der Waals surface area (Å²) in [5, 5.41) is 12.0. The van der Waals surface area contributed by atoms with E-state index in [2.05, 4.69) is 9.97 Å². The van der Waals surface area contributed by atoms with Crippen LogP contribution >= 0.6 is 0 Å². The van der Waals surface area contributed by atoms with E-state index in [4.69, 9.17) is 0 Å². The van der Waals surface area contributed by atoms with Crippen molar-refractivity contribution in [3.63, 3.8) is 0 Å². The van der Waals surface area contributed by atoms with Gasteiger partial charge in [-0.2, -0.15) is 0 Å². The Morgan fingerprint density at radius 2 is 2.17 bits per heavy atom. The SMILES string of the molecule is O=C([O-])C1CCCN1c1ncnc2ccccc12. The highest BCUT2D eigenvalue weighted by atomic mass is 16.4. The Hall–Kier alpha value is -2.17. The van der Waals surface area contributed by atoms with Gasteiger partial charge in [0, 0.05) is 11.9 Å². The number of hydrogen-bond acceptors (Lipinski definition) is 5. The van der Waals surface area contributed by atoms with Gasteiger partial charge in [0.25, 0.3) is 0 Å². The lowest BCUT2D eigenvalue weighted by molar-refractivity contribution is -0.307. The lowest BCUT2D eigenvalue weighted by atomic mass is 10.2. The first-order valence-corrected chi connectivity index (χ1v) is 5.94. The van der Waals surface area contributed by atoms with Crippen molar-refractivity contribution in [1.82, 2.24) is 9.97 Å². The van der Waals surface area contributed by atoms with E-state index < -0.39 is 12.0 Å². The Morgan fingerprint density at radius 3 is 3.00 bits per heavy atom. The van der Waals surface area contributed by atoms with Gasteiger partial charge in [0.2, 0.25) is 0 Å². The van der Waals surface area contributed by atoms with Gasteiger partial charge in [0.15, 0.2) is 0 Å². The van der Waals surface area contributed by atoms with Gasteiger partial charge >= 0.3 is 0 Å². The number of carboxylic acid groups (broad SMARTS) is 1. The molecule has 1 aliphatic heterocycles. The van der Waals surface area contributed by atoms with Crippen molar-refractivity contribution in [3.05, 3.63) is 30.6 Å². The van der Waals surface area contributed by atoms with Gasteiger partial charge in [-0.15, -0.1) is 0 Å². The first kappa shape index (κ1) is 11.0. The van der Waals surface area contributed by atoms with E-state index in [1.165, 1.54) is 6.33 Å². The van der Waals surface area contributed by atoms with Crippen LogP contribution in [0.1, 0.15) is 12.8 Å². The van der Waals surface area contributed by atoms with E-state index in [1.807, 2.05) is 24.3 Å². The highest BCUT2D eigenvalue weighted by Gasteiger charge is 2.27. The zero-order chi connectivity index (χ0) is 12.5. The second-order valence-electron chi connectivity index (χ2n) is 4.38. The summed E-state index contributed by atoms with van der Waals surface area (Å²) < 4.78 is 0. The van der Waals surface area contributed by atoms with Gasteiger partial charge in [0.1, 0.15) is 12.1 Å².